The summed E-state index contributed by atoms with van der Waals surface area (Å²) in [5, 5.41) is 0. The summed E-state index contributed by atoms with van der Waals surface area (Å²) in [6.45, 7) is 2.97. The van der Waals surface area contributed by atoms with Gasteiger partial charge < -0.3 is 14.7 Å². The van der Waals surface area contributed by atoms with E-state index in [-0.39, 0.29) is 23.9 Å². The van der Waals surface area contributed by atoms with Crippen molar-refractivity contribution in [1.82, 2.24) is 0 Å². The molecule has 0 aromatic rings. The Morgan fingerprint density at radius 2 is 1.77 bits per heavy atom. The Bertz CT molecular complexity index is 134. The number of rotatable bonds is 4. The number of carbonyl (C=O) groups is 1. The van der Waals surface area contributed by atoms with Crippen LogP contribution in [-0.2, 0) is 9.53 Å². The third kappa shape index (κ3) is 14.5. The summed E-state index contributed by atoms with van der Waals surface area (Å²) >= 11 is 0. The molecule has 0 spiro atoms. The highest BCUT2D eigenvalue weighted by Crippen LogP contribution is 1.91. The van der Waals surface area contributed by atoms with Gasteiger partial charge in [0.25, 0.3) is 0 Å². The smallest absolute Gasteiger partial charge is 0.361 e. The highest BCUT2D eigenvalue weighted by atomic mass is 35.5. The number of hydrogen-bond donors (Lipinski definition) is 0. The molecule has 82 valence electrons. The topological polar surface area (TPSA) is 57.8 Å². The first-order valence-corrected chi connectivity index (χ1v) is 3.92. The van der Waals surface area contributed by atoms with Crippen molar-refractivity contribution < 1.29 is 19.5 Å². The maximum Gasteiger partial charge on any atom is 0.361 e. The van der Waals surface area contributed by atoms with Crippen LogP contribution in [0.25, 0.3) is 0 Å². The molecule has 0 amide bonds. The van der Waals surface area contributed by atoms with E-state index >= 15 is 0 Å². The summed E-state index contributed by atoms with van der Waals surface area (Å²) in [5.41, 5.74) is 0. The lowest BCUT2D eigenvalue weighted by Gasteiger charge is -2.22. The zero-order valence-corrected chi connectivity index (χ0v) is 9.61. The van der Waals surface area contributed by atoms with Crippen LogP contribution in [0.1, 0.15) is 13.3 Å². The fourth-order valence-corrected chi connectivity index (χ4v) is 0.649. The lowest BCUT2D eigenvalue weighted by atomic mass is 10.5. The highest BCUT2D eigenvalue weighted by molar-refractivity contribution is 5.85. The Morgan fingerprint density at radius 3 is 2.08 bits per heavy atom. The number of nitrogens with zero attached hydrogens (tertiary/aromatic N) is 1. The molecular weight excluding hydrogens is 194 g/mol. The van der Waals surface area contributed by atoms with Crippen LogP contribution < -0.4 is 0 Å². The molecule has 13 heavy (non-hydrogen) atoms. The van der Waals surface area contributed by atoms with Crippen LogP contribution in [-0.4, -0.2) is 50.2 Å². The number of carbonyl (C=O) groups excluding carboxylic acids is 1. The van der Waals surface area contributed by atoms with E-state index in [0.717, 1.165) is 6.42 Å². The second kappa shape index (κ2) is 8.29. The first-order chi connectivity index (χ1) is 4.95. The molecular formula is C8H21ClNO3+. The van der Waals surface area contributed by atoms with Crippen molar-refractivity contribution in [3.8, 4) is 0 Å². The second-order valence-corrected chi connectivity index (χ2v) is 3.67. The van der Waals surface area contributed by atoms with Crippen LogP contribution in [0, 0.1) is 0 Å². The van der Waals surface area contributed by atoms with Crippen molar-refractivity contribution in [2.24, 2.45) is 0 Å². The van der Waals surface area contributed by atoms with Gasteiger partial charge >= 0.3 is 5.97 Å². The molecule has 4 nitrogen and oxygen atoms in total. The van der Waals surface area contributed by atoms with E-state index < -0.39 is 0 Å². The minimum Gasteiger partial charge on any atom is -0.462 e. The average Bonchev–Trinajstić information content (AvgIpc) is 1.79. The molecule has 0 radical (unpaired) electrons. The van der Waals surface area contributed by atoms with E-state index in [1.807, 2.05) is 28.1 Å². The molecule has 0 fully saturated rings. The minimum absolute atomic E-state index is 0. The number of halogens is 1. The predicted molar refractivity (Wildman–Crippen MR) is 55.0 cm³/mol. The molecule has 0 saturated carbocycles. The van der Waals surface area contributed by atoms with Gasteiger partial charge in [-0.25, -0.2) is 4.79 Å². The number of hydrogen-bond acceptors (Lipinski definition) is 2. The van der Waals surface area contributed by atoms with Gasteiger partial charge in [-0.2, -0.15) is 0 Å². The van der Waals surface area contributed by atoms with Gasteiger partial charge in [-0.05, 0) is 6.42 Å². The Hall–Kier alpha value is -0.320. The van der Waals surface area contributed by atoms with E-state index in [2.05, 4.69) is 0 Å². The maximum atomic E-state index is 11.0. The monoisotopic (exact) mass is 214 g/mol. The second-order valence-electron chi connectivity index (χ2n) is 3.67. The fraction of sp³-hybridized carbons (Fsp3) is 0.875. The van der Waals surface area contributed by atoms with Crippen molar-refractivity contribution in [3.05, 3.63) is 0 Å². The van der Waals surface area contributed by atoms with E-state index in [0.29, 0.717) is 17.6 Å². The zero-order chi connectivity index (χ0) is 8.91. The van der Waals surface area contributed by atoms with Gasteiger partial charge in [-0.3, -0.25) is 0 Å². The Labute approximate surface area is 86.2 Å². The minimum atomic E-state index is -0.112. The molecule has 2 N–H and O–H groups in total. The van der Waals surface area contributed by atoms with E-state index in [4.69, 9.17) is 4.74 Å². The molecule has 0 unspecified atom stereocenters. The molecule has 0 aliphatic heterocycles. The van der Waals surface area contributed by atoms with Gasteiger partial charge in [-0.1, -0.05) is 6.92 Å². The Morgan fingerprint density at radius 1 is 1.31 bits per heavy atom. The summed E-state index contributed by atoms with van der Waals surface area (Å²) in [5.74, 6) is -0.112. The first kappa shape index (κ1) is 18.5. The van der Waals surface area contributed by atoms with Crippen LogP contribution in [0.2, 0.25) is 0 Å². The molecule has 0 rings (SSSR count). The summed E-state index contributed by atoms with van der Waals surface area (Å²) in [7, 11) is 5.90. The summed E-state index contributed by atoms with van der Waals surface area (Å²) in [6, 6.07) is 0. The number of ether oxygens (including phenoxy) is 1. The number of quaternary nitrogens is 1. The summed E-state index contributed by atoms with van der Waals surface area (Å²) in [4.78, 5) is 11.0. The van der Waals surface area contributed by atoms with Crippen LogP contribution in [0.4, 0.5) is 0 Å². The lowest BCUT2D eigenvalue weighted by molar-refractivity contribution is -0.862. The lowest BCUT2D eigenvalue weighted by Crippen LogP contribution is -2.40. The van der Waals surface area contributed by atoms with E-state index in [1.165, 1.54) is 0 Å². The standard InChI is InChI=1S/C8H18NO2.ClH.H2O/c1-5-6-11-8(10)7-9(2,3)4;;/h5-7H2,1-4H3;1H;1H2/q+1;;. The van der Waals surface area contributed by atoms with E-state index in [1.54, 1.807) is 0 Å². The number of esters is 1. The van der Waals surface area contributed by atoms with Gasteiger partial charge in [0, 0.05) is 0 Å². The fourth-order valence-electron chi connectivity index (χ4n) is 0.649. The van der Waals surface area contributed by atoms with Crippen LogP contribution in [0.3, 0.4) is 0 Å². The largest absolute Gasteiger partial charge is 0.462 e. The van der Waals surface area contributed by atoms with Crippen molar-refractivity contribution in [1.29, 1.82) is 0 Å². The summed E-state index contributed by atoms with van der Waals surface area (Å²) in [6.07, 6.45) is 0.892. The van der Waals surface area contributed by atoms with Gasteiger partial charge in [0.2, 0.25) is 0 Å². The maximum absolute atomic E-state index is 11.0. The van der Waals surface area contributed by atoms with E-state index in [9.17, 15) is 4.79 Å². The molecule has 0 aliphatic carbocycles. The molecule has 5 heteroatoms. The SMILES string of the molecule is CCCOC(=O)C[N+](C)(C)C.Cl.O. The molecule has 0 aromatic heterocycles. The first-order valence-electron chi connectivity index (χ1n) is 3.92. The van der Waals surface area contributed by atoms with Gasteiger partial charge in [0.05, 0.1) is 27.7 Å². The zero-order valence-electron chi connectivity index (χ0n) is 8.79. The van der Waals surface area contributed by atoms with Crippen LogP contribution in [0.5, 0.6) is 0 Å². The quantitative estimate of drug-likeness (QED) is 0.498. The molecule has 0 aromatic carbocycles. The third-order valence-corrected chi connectivity index (χ3v) is 1.07. The highest BCUT2D eigenvalue weighted by Gasteiger charge is 2.14. The molecule has 0 bridgehead atoms. The molecule has 0 atom stereocenters. The molecule has 0 aliphatic rings. The number of likely N-dealkylation sites (N-methyl/N-ethyl adjacent to an activating group) is 1. The summed E-state index contributed by atoms with van der Waals surface area (Å²) < 4.78 is 5.54. The molecule has 0 heterocycles. The van der Waals surface area contributed by atoms with Crippen molar-refractivity contribution in [2.75, 3.05) is 34.3 Å². The Kier molecular flexibility index (Phi) is 11.8. The average molecular weight is 215 g/mol. The normalized spacial score (nSPS) is 9.54. The van der Waals surface area contributed by atoms with Gasteiger partial charge in [0.15, 0.2) is 6.54 Å². The van der Waals surface area contributed by atoms with Crippen molar-refractivity contribution >= 4 is 18.4 Å². The van der Waals surface area contributed by atoms with Crippen LogP contribution >= 0.6 is 12.4 Å². The van der Waals surface area contributed by atoms with Crippen molar-refractivity contribution in [2.45, 2.75) is 13.3 Å². The third-order valence-electron chi connectivity index (χ3n) is 1.07. The van der Waals surface area contributed by atoms with Gasteiger partial charge in [-0.15, -0.1) is 12.4 Å². The van der Waals surface area contributed by atoms with Crippen LogP contribution in [0.15, 0.2) is 0 Å². The molecule has 0 saturated heterocycles. The van der Waals surface area contributed by atoms with Crippen molar-refractivity contribution in [3.63, 3.8) is 0 Å². The predicted octanol–water partition coefficient (Wildman–Crippen LogP) is 0.243. The van der Waals surface area contributed by atoms with Gasteiger partial charge in [0.1, 0.15) is 0 Å². The Balaban J connectivity index is -0.000000500.